The van der Waals surface area contributed by atoms with E-state index in [-0.39, 0.29) is 35.9 Å². The van der Waals surface area contributed by atoms with Gasteiger partial charge in [0.1, 0.15) is 5.75 Å². The van der Waals surface area contributed by atoms with E-state index in [1.165, 1.54) is 0 Å². The lowest BCUT2D eigenvalue weighted by molar-refractivity contribution is -0.127. The highest BCUT2D eigenvalue weighted by atomic mass is 16.3. The quantitative estimate of drug-likeness (QED) is 0.737. The van der Waals surface area contributed by atoms with Crippen molar-refractivity contribution in [2.75, 3.05) is 6.54 Å². The first-order valence-electron chi connectivity index (χ1n) is 5.92. The molecule has 1 fully saturated rings. The topological polar surface area (TPSA) is 78.4 Å². The molecule has 2 amide bonds. The molecule has 0 saturated carbocycles. The standard InChI is InChI=1S/C13H16N2O3/c1-8(9-3-2-4-11(16)5-9)15-13(18)10-6-12(17)14-7-10/h2-5,8,10,16H,6-7H2,1H3,(H,14,17)(H,15,18). The highest BCUT2D eigenvalue weighted by Crippen LogP contribution is 2.19. The van der Waals surface area contributed by atoms with Crippen LogP contribution < -0.4 is 10.6 Å². The maximum atomic E-state index is 11.9. The molecule has 5 nitrogen and oxygen atoms in total. The normalized spacial score (nSPS) is 20.3. The van der Waals surface area contributed by atoms with E-state index in [0.717, 1.165) is 5.56 Å². The summed E-state index contributed by atoms with van der Waals surface area (Å²) in [6, 6.07) is 6.57. The van der Waals surface area contributed by atoms with Crippen molar-refractivity contribution in [3.8, 4) is 5.75 Å². The molecule has 18 heavy (non-hydrogen) atoms. The molecule has 2 rings (SSSR count). The van der Waals surface area contributed by atoms with Crippen molar-refractivity contribution in [1.29, 1.82) is 0 Å². The van der Waals surface area contributed by atoms with Crippen LogP contribution in [0.5, 0.6) is 5.75 Å². The minimum absolute atomic E-state index is 0.0832. The Morgan fingerprint density at radius 2 is 2.33 bits per heavy atom. The number of hydrogen-bond donors (Lipinski definition) is 3. The summed E-state index contributed by atoms with van der Waals surface area (Å²) in [6.45, 7) is 2.24. The van der Waals surface area contributed by atoms with Crippen LogP contribution in [0, 0.1) is 5.92 Å². The van der Waals surface area contributed by atoms with Crippen LogP contribution in [0.25, 0.3) is 0 Å². The molecule has 1 aromatic rings. The van der Waals surface area contributed by atoms with Gasteiger partial charge in [-0.15, -0.1) is 0 Å². The zero-order chi connectivity index (χ0) is 13.1. The zero-order valence-electron chi connectivity index (χ0n) is 10.1. The minimum atomic E-state index is -0.294. The predicted molar refractivity (Wildman–Crippen MR) is 65.8 cm³/mol. The Bertz CT molecular complexity index is 473. The Hall–Kier alpha value is -2.04. The summed E-state index contributed by atoms with van der Waals surface area (Å²) in [6.07, 6.45) is 0.249. The third-order valence-corrected chi connectivity index (χ3v) is 3.08. The van der Waals surface area contributed by atoms with Gasteiger partial charge < -0.3 is 15.7 Å². The maximum Gasteiger partial charge on any atom is 0.225 e. The Balaban J connectivity index is 1.97. The van der Waals surface area contributed by atoms with Gasteiger partial charge in [-0.2, -0.15) is 0 Å². The van der Waals surface area contributed by atoms with Crippen LogP contribution in [0.4, 0.5) is 0 Å². The van der Waals surface area contributed by atoms with E-state index >= 15 is 0 Å². The number of amides is 2. The van der Waals surface area contributed by atoms with E-state index in [1.807, 2.05) is 13.0 Å². The average molecular weight is 248 g/mol. The molecule has 5 heteroatoms. The van der Waals surface area contributed by atoms with Crippen molar-refractivity contribution in [3.63, 3.8) is 0 Å². The predicted octanol–water partition coefficient (Wildman–Crippen LogP) is 0.705. The van der Waals surface area contributed by atoms with Gasteiger partial charge in [-0.3, -0.25) is 9.59 Å². The van der Waals surface area contributed by atoms with E-state index in [0.29, 0.717) is 6.54 Å². The van der Waals surface area contributed by atoms with Gasteiger partial charge >= 0.3 is 0 Å². The molecule has 2 atom stereocenters. The Morgan fingerprint density at radius 1 is 1.56 bits per heavy atom. The molecule has 0 aliphatic carbocycles. The largest absolute Gasteiger partial charge is 0.508 e. The van der Waals surface area contributed by atoms with Crippen LogP contribution in [0.3, 0.4) is 0 Å². The summed E-state index contributed by atoms with van der Waals surface area (Å²) in [5.74, 6) is -0.340. The molecule has 1 aromatic carbocycles. The number of carbonyl (C=O) groups is 2. The first-order chi connectivity index (χ1) is 8.56. The van der Waals surface area contributed by atoms with E-state index < -0.39 is 0 Å². The molecule has 0 spiro atoms. The number of hydrogen-bond acceptors (Lipinski definition) is 3. The van der Waals surface area contributed by atoms with Gasteiger partial charge in [0.2, 0.25) is 11.8 Å². The third-order valence-electron chi connectivity index (χ3n) is 3.08. The molecule has 1 heterocycles. The van der Waals surface area contributed by atoms with Gasteiger partial charge in [0.05, 0.1) is 12.0 Å². The molecule has 2 unspecified atom stereocenters. The second kappa shape index (κ2) is 5.08. The van der Waals surface area contributed by atoms with Crippen LogP contribution in [0.15, 0.2) is 24.3 Å². The molecular weight excluding hydrogens is 232 g/mol. The second-order valence-electron chi connectivity index (χ2n) is 4.53. The fourth-order valence-electron chi connectivity index (χ4n) is 2.00. The minimum Gasteiger partial charge on any atom is -0.508 e. The molecule has 0 aromatic heterocycles. The first kappa shape index (κ1) is 12.4. The third kappa shape index (κ3) is 2.80. The molecular formula is C13H16N2O3. The van der Waals surface area contributed by atoms with Crippen molar-refractivity contribution in [1.82, 2.24) is 10.6 Å². The van der Waals surface area contributed by atoms with E-state index in [9.17, 15) is 14.7 Å². The summed E-state index contributed by atoms with van der Waals surface area (Å²) >= 11 is 0. The molecule has 1 saturated heterocycles. The molecule has 3 N–H and O–H groups in total. The van der Waals surface area contributed by atoms with Gasteiger partial charge in [-0.05, 0) is 24.6 Å². The SMILES string of the molecule is CC(NC(=O)C1CNC(=O)C1)c1cccc(O)c1. The molecule has 1 aliphatic heterocycles. The Labute approximate surface area is 105 Å². The van der Waals surface area contributed by atoms with Crippen molar-refractivity contribution in [2.24, 2.45) is 5.92 Å². The summed E-state index contributed by atoms with van der Waals surface area (Å²) < 4.78 is 0. The number of aromatic hydroxyl groups is 1. The summed E-state index contributed by atoms with van der Waals surface area (Å²) in [7, 11) is 0. The Kier molecular flexibility index (Phi) is 3.50. The Morgan fingerprint density at radius 3 is 2.94 bits per heavy atom. The summed E-state index contributed by atoms with van der Waals surface area (Å²) in [4.78, 5) is 22.9. The van der Waals surface area contributed by atoms with Crippen LogP contribution in [0.1, 0.15) is 24.9 Å². The van der Waals surface area contributed by atoms with Crippen LogP contribution >= 0.6 is 0 Å². The number of phenolic OH excluding ortho intramolecular Hbond substituents is 1. The summed E-state index contributed by atoms with van der Waals surface area (Å²) in [5, 5.41) is 14.9. The van der Waals surface area contributed by atoms with Gasteiger partial charge in [0, 0.05) is 13.0 Å². The second-order valence-corrected chi connectivity index (χ2v) is 4.53. The van der Waals surface area contributed by atoms with Crippen LogP contribution in [-0.2, 0) is 9.59 Å². The molecule has 1 aliphatic rings. The van der Waals surface area contributed by atoms with E-state index in [4.69, 9.17) is 0 Å². The van der Waals surface area contributed by atoms with Crippen molar-refractivity contribution in [3.05, 3.63) is 29.8 Å². The lowest BCUT2D eigenvalue weighted by Gasteiger charge is -2.16. The lowest BCUT2D eigenvalue weighted by Crippen LogP contribution is -2.33. The maximum absolute atomic E-state index is 11.9. The summed E-state index contributed by atoms with van der Waals surface area (Å²) in [5.41, 5.74) is 0.834. The number of phenols is 1. The van der Waals surface area contributed by atoms with Gasteiger partial charge in [0.25, 0.3) is 0 Å². The highest BCUT2D eigenvalue weighted by Gasteiger charge is 2.28. The first-order valence-corrected chi connectivity index (χ1v) is 5.92. The van der Waals surface area contributed by atoms with Crippen molar-refractivity contribution in [2.45, 2.75) is 19.4 Å². The number of benzene rings is 1. The van der Waals surface area contributed by atoms with Crippen molar-refractivity contribution >= 4 is 11.8 Å². The average Bonchev–Trinajstić information content (AvgIpc) is 2.76. The number of carbonyl (C=O) groups excluding carboxylic acids is 2. The highest BCUT2D eigenvalue weighted by molar-refractivity contribution is 5.89. The number of rotatable bonds is 3. The fourth-order valence-corrected chi connectivity index (χ4v) is 2.00. The van der Waals surface area contributed by atoms with Crippen LogP contribution in [-0.4, -0.2) is 23.5 Å². The monoisotopic (exact) mass is 248 g/mol. The van der Waals surface area contributed by atoms with Gasteiger partial charge in [-0.25, -0.2) is 0 Å². The lowest BCUT2D eigenvalue weighted by atomic mass is 10.0. The van der Waals surface area contributed by atoms with E-state index in [2.05, 4.69) is 10.6 Å². The molecule has 0 radical (unpaired) electrons. The van der Waals surface area contributed by atoms with E-state index in [1.54, 1.807) is 18.2 Å². The van der Waals surface area contributed by atoms with Gasteiger partial charge in [-0.1, -0.05) is 12.1 Å². The molecule has 96 valence electrons. The number of nitrogens with one attached hydrogen (secondary N) is 2. The fraction of sp³-hybridized carbons (Fsp3) is 0.385. The van der Waals surface area contributed by atoms with Crippen LogP contribution in [0.2, 0.25) is 0 Å². The molecule has 0 bridgehead atoms. The zero-order valence-corrected chi connectivity index (χ0v) is 10.1. The van der Waals surface area contributed by atoms with Crippen molar-refractivity contribution < 1.29 is 14.7 Å². The smallest absolute Gasteiger partial charge is 0.225 e. The van der Waals surface area contributed by atoms with Gasteiger partial charge in [0.15, 0.2) is 0 Å².